The van der Waals surface area contributed by atoms with Crippen LogP contribution in [0.5, 0.6) is 0 Å². The molecule has 1 heterocycles. The number of fused-ring (bicyclic) bond motifs is 1. The first-order chi connectivity index (χ1) is 14.7. The van der Waals surface area contributed by atoms with E-state index in [9.17, 15) is 13.2 Å². The molecule has 0 radical (unpaired) electrons. The second-order valence-electron chi connectivity index (χ2n) is 7.09. The van der Waals surface area contributed by atoms with Crippen LogP contribution in [0.25, 0.3) is 0 Å². The summed E-state index contributed by atoms with van der Waals surface area (Å²) in [7, 11) is -3.74. The number of nitrogens with one attached hydrogen (secondary N) is 1. The van der Waals surface area contributed by atoms with E-state index in [1.54, 1.807) is 48.5 Å². The number of sulfonamides is 1. The second kappa shape index (κ2) is 8.71. The first-order valence-electron chi connectivity index (χ1n) is 9.43. The van der Waals surface area contributed by atoms with E-state index in [1.165, 1.54) is 16.4 Å². The number of halogens is 3. The summed E-state index contributed by atoms with van der Waals surface area (Å²) in [4.78, 5) is 12.9. The van der Waals surface area contributed by atoms with Gasteiger partial charge in [0.1, 0.15) is 0 Å². The number of hydrogen-bond acceptors (Lipinski definition) is 3. The number of anilines is 2. The smallest absolute Gasteiger partial charge is 0.264 e. The molecular formula is C22H17Cl3N2O3S. The molecule has 4 rings (SSSR count). The maximum Gasteiger partial charge on any atom is 0.264 e. The lowest BCUT2D eigenvalue weighted by atomic mass is 10.0. The Morgan fingerprint density at radius 3 is 2.23 bits per heavy atom. The van der Waals surface area contributed by atoms with Crippen molar-refractivity contribution in [3.63, 3.8) is 0 Å². The highest BCUT2D eigenvalue weighted by atomic mass is 35.5. The normalized spacial score (nSPS) is 13.6. The van der Waals surface area contributed by atoms with Crippen LogP contribution in [0, 0.1) is 0 Å². The summed E-state index contributed by atoms with van der Waals surface area (Å²) in [6.07, 6.45) is 1.32. The average Bonchev–Trinajstić information content (AvgIpc) is 2.72. The number of carbonyl (C=O) groups excluding carboxylic acids is 1. The van der Waals surface area contributed by atoms with Gasteiger partial charge in [0.25, 0.3) is 15.9 Å². The molecule has 0 aromatic heterocycles. The third kappa shape index (κ3) is 4.67. The van der Waals surface area contributed by atoms with E-state index in [0.717, 1.165) is 5.56 Å². The predicted molar refractivity (Wildman–Crippen MR) is 125 cm³/mol. The van der Waals surface area contributed by atoms with Crippen LogP contribution in [-0.2, 0) is 16.4 Å². The molecule has 9 heteroatoms. The van der Waals surface area contributed by atoms with E-state index in [-0.39, 0.29) is 10.8 Å². The average molecular weight is 496 g/mol. The van der Waals surface area contributed by atoms with Crippen LogP contribution in [0.15, 0.2) is 65.6 Å². The van der Waals surface area contributed by atoms with Crippen molar-refractivity contribution < 1.29 is 13.2 Å². The summed E-state index contributed by atoms with van der Waals surface area (Å²) in [5.74, 6) is -0.334. The van der Waals surface area contributed by atoms with Crippen molar-refractivity contribution in [3.8, 4) is 0 Å². The first-order valence-corrected chi connectivity index (χ1v) is 12.0. The highest BCUT2D eigenvalue weighted by Crippen LogP contribution is 2.33. The van der Waals surface area contributed by atoms with Gasteiger partial charge >= 0.3 is 0 Å². The molecule has 3 aromatic rings. The summed E-state index contributed by atoms with van der Waals surface area (Å²) in [5, 5.41) is 4.06. The van der Waals surface area contributed by atoms with Gasteiger partial charge in [-0.1, -0.05) is 34.8 Å². The second-order valence-corrected chi connectivity index (χ2v) is 10.3. The molecule has 0 saturated carbocycles. The van der Waals surface area contributed by atoms with Crippen LogP contribution in [0.2, 0.25) is 15.1 Å². The van der Waals surface area contributed by atoms with Gasteiger partial charge in [-0.3, -0.25) is 9.10 Å². The van der Waals surface area contributed by atoms with Crippen LogP contribution in [0.1, 0.15) is 22.3 Å². The topological polar surface area (TPSA) is 66.5 Å². The van der Waals surface area contributed by atoms with Crippen molar-refractivity contribution in [2.24, 2.45) is 0 Å². The van der Waals surface area contributed by atoms with Gasteiger partial charge in [-0.15, -0.1) is 0 Å². The van der Waals surface area contributed by atoms with Gasteiger partial charge in [0, 0.05) is 32.9 Å². The molecule has 0 fully saturated rings. The van der Waals surface area contributed by atoms with E-state index in [4.69, 9.17) is 34.8 Å². The van der Waals surface area contributed by atoms with E-state index in [0.29, 0.717) is 51.4 Å². The molecule has 1 aliphatic rings. The Bertz CT molecular complexity index is 1240. The van der Waals surface area contributed by atoms with Crippen molar-refractivity contribution in [2.45, 2.75) is 17.7 Å². The molecule has 0 spiro atoms. The zero-order valence-electron chi connectivity index (χ0n) is 16.1. The third-order valence-electron chi connectivity index (χ3n) is 4.94. The monoisotopic (exact) mass is 494 g/mol. The largest absolute Gasteiger partial charge is 0.322 e. The molecule has 3 aromatic carbocycles. The fourth-order valence-electron chi connectivity index (χ4n) is 3.52. The lowest BCUT2D eigenvalue weighted by Crippen LogP contribution is -2.35. The van der Waals surface area contributed by atoms with Crippen LogP contribution >= 0.6 is 34.8 Å². The summed E-state index contributed by atoms with van der Waals surface area (Å²) in [6, 6.07) is 15.9. The molecule has 0 bridgehead atoms. The highest BCUT2D eigenvalue weighted by molar-refractivity contribution is 7.92. The quantitative estimate of drug-likeness (QED) is 0.480. The van der Waals surface area contributed by atoms with Crippen LogP contribution < -0.4 is 9.62 Å². The molecule has 5 nitrogen and oxygen atoms in total. The number of benzene rings is 3. The van der Waals surface area contributed by atoms with Gasteiger partial charge < -0.3 is 5.32 Å². The number of rotatable bonds is 4. The van der Waals surface area contributed by atoms with Gasteiger partial charge in [-0.25, -0.2) is 8.42 Å². The van der Waals surface area contributed by atoms with Gasteiger partial charge in [0.05, 0.1) is 10.6 Å². The van der Waals surface area contributed by atoms with Crippen LogP contribution in [-0.4, -0.2) is 20.9 Å². The van der Waals surface area contributed by atoms with Crippen molar-refractivity contribution in [1.82, 2.24) is 0 Å². The van der Waals surface area contributed by atoms with Crippen LogP contribution in [0.3, 0.4) is 0 Å². The van der Waals surface area contributed by atoms with Crippen molar-refractivity contribution in [1.29, 1.82) is 0 Å². The lowest BCUT2D eigenvalue weighted by molar-refractivity contribution is 0.102. The van der Waals surface area contributed by atoms with E-state index < -0.39 is 10.0 Å². The Morgan fingerprint density at radius 1 is 0.871 bits per heavy atom. The molecular weight excluding hydrogens is 479 g/mol. The standard InChI is InChI=1S/C22H17Cl3N2O3S/c23-16-4-6-20(7-5-16)31(29,30)27-9-1-2-14-10-15(3-8-21(14)27)22(28)26-19-12-17(24)11-18(25)13-19/h3-8,10-13H,1-2,9H2,(H,26,28). The Hall–Kier alpha value is -2.25. The SMILES string of the molecule is O=C(Nc1cc(Cl)cc(Cl)c1)c1ccc2c(c1)CCCN2S(=O)(=O)c1ccc(Cl)cc1. The summed E-state index contributed by atoms with van der Waals surface area (Å²) >= 11 is 17.9. The maximum absolute atomic E-state index is 13.2. The van der Waals surface area contributed by atoms with Crippen molar-refractivity contribution >= 4 is 62.1 Å². The van der Waals surface area contributed by atoms with E-state index >= 15 is 0 Å². The third-order valence-corrected chi connectivity index (χ3v) is 7.46. The fraction of sp³-hybridized carbons (Fsp3) is 0.136. The lowest BCUT2D eigenvalue weighted by Gasteiger charge is -2.30. The molecule has 0 unspecified atom stereocenters. The maximum atomic E-state index is 13.2. The Kier molecular flexibility index (Phi) is 6.17. The van der Waals surface area contributed by atoms with Gasteiger partial charge in [0.2, 0.25) is 0 Å². The number of amides is 1. The molecule has 0 saturated heterocycles. The summed E-state index contributed by atoms with van der Waals surface area (Å²) < 4.78 is 27.7. The fourth-order valence-corrected chi connectivity index (χ4v) is 5.71. The van der Waals surface area contributed by atoms with E-state index in [1.807, 2.05) is 0 Å². The Morgan fingerprint density at radius 2 is 1.55 bits per heavy atom. The number of hydrogen-bond donors (Lipinski definition) is 1. The molecule has 1 N–H and O–H groups in total. The van der Waals surface area contributed by atoms with Crippen molar-refractivity contribution in [2.75, 3.05) is 16.2 Å². The molecule has 160 valence electrons. The molecule has 0 aliphatic carbocycles. The van der Waals surface area contributed by atoms with Gasteiger partial charge in [-0.05, 0) is 79.1 Å². The van der Waals surface area contributed by atoms with Crippen LogP contribution in [0.4, 0.5) is 11.4 Å². The minimum atomic E-state index is -3.74. The van der Waals surface area contributed by atoms with E-state index in [2.05, 4.69) is 5.32 Å². The highest BCUT2D eigenvalue weighted by Gasteiger charge is 2.29. The molecule has 31 heavy (non-hydrogen) atoms. The minimum Gasteiger partial charge on any atom is -0.322 e. The minimum absolute atomic E-state index is 0.171. The Balaban J connectivity index is 1.62. The number of carbonyl (C=O) groups is 1. The van der Waals surface area contributed by atoms with Crippen molar-refractivity contribution in [3.05, 3.63) is 86.9 Å². The molecule has 0 atom stereocenters. The zero-order chi connectivity index (χ0) is 22.2. The van der Waals surface area contributed by atoms with Gasteiger partial charge in [0.15, 0.2) is 0 Å². The van der Waals surface area contributed by atoms with Gasteiger partial charge in [-0.2, -0.15) is 0 Å². The zero-order valence-corrected chi connectivity index (χ0v) is 19.2. The number of aryl methyl sites for hydroxylation is 1. The number of nitrogens with zero attached hydrogens (tertiary/aromatic N) is 1. The predicted octanol–water partition coefficient (Wildman–Crippen LogP) is 6.04. The first kappa shape index (κ1) is 22.0. The summed E-state index contributed by atoms with van der Waals surface area (Å²) in [6.45, 7) is 0.366. The Labute approximate surface area is 195 Å². The molecule has 1 amide bonds. The summed E-state index contributed by atoms with van der Waals surface area (Å²) in [5.41, 5.74) is 2.26. The molecule has 1 aliphatic heterocycles.